The fraction of sp³-hybridized carbons (Fsp3) is 1.00. The summed E-state index contributed by atoms with van der Waals surface area (Å²) in [4.78, 5) is 0. The molecule has 0 spiro atoms. The van der Waals surface area contributed by atoms with Crippen LogP contribution in [0.4, 0.5) is 0 Å². The van der Waals surface area contributed by atoms with Crippen molar-refractivity contribution >= 4 is 19.6 Å². The van der Waals surface area contributed by atoms with E-state index in [9.17, 15) is 0 Å². The first kappa shape index (κ1) is 9.46. The molecule has 1 aliphatic rings. The van der Waals surface area contributed by atoms with Gasteiger partial charge in [-0.2, -0.15) is 11.8 Å². The van der Waals surface area contributed by atoms with Crippen LogP contribution in [0.15, 0.2) is 0 Å². The molecule has 1 aliphatic heterocycles. The molecule has 11 heavy (non-hydrogen) atoms. The summed E-state index contributed by atoms with van der Waals surface area (Å²) in [7, 11) is 2.26. The Hall–Kier alpha value is 0.375. The zero-order valence-electron chi connectivity index (χ0n) is 7.79. The Bertz CT molecular complexity index is 149. The molecule has 0 bridgehead atoms. The molecule has 0 aliphatic carbocycles. The summed E-state index contributed by atoms with van der Waals surface area (Å²) in [6.07, 6.45) is 0. The molecular weight excluding hydrogens is 155 g/mol. The van der Waals surface area contributed by atoms with Crippen molar-refractivity contribution in [3.63, 3.8) is 0 Å². The van der Waals surface area contributed by atoms with Gasteiger partial charge < -0.3 is 5.11 Å². The van der Waals surface area contributed by atoms with E-state index in [1.54, 1.807) is 0 Å². The molecule has 64 valence electrons. The molecule has 0 amide bonds. The number of hydrogen-bond acceptors (Lipinski definition) is 2. The lowest BCUT2D eigenvalue weighted by atomic mass is 9.70. The van der Waals surface area contributed by atoms with Gasteiger partial charge in [0.15, 0.2) is 0 Å². The molecule has 0 aromatic rings. The largest absolute Gasteiger partial charge is 0.395 e. The first-order valence-electron chi connectivity index (χ1n) is 4.26. The third-order valence-electron chi connectivity index (χ3n) is 3.34. The van der Waals surface area contributed by atoms with Crippen LogP contribution in [0.5, 0.6) is 0 Å². The van der Waals surface area contributed by atoms with Crippen LogP contribution in [0.2, 0.25) is 0 Å². The summed E-state index contributed by atoms with van der Waals surface area (Å²) < 4.78 is 0. The minimum Gasteiger partial charge on any atom is -0.395 e. The Balaban J connectivity index is 2.71. The van der Waals surface area contributed by atoms with E-state index in [0.717, 1.165) is 0 Å². The average molecular weight is 172 g/mol. The number of rotatable bonds is 1. The Morgan fingerprint density at radius 3 is 2.27 bits per heavy atom. The maximum Gasteiger partial charge on any atom is 0.119 e. The normalized spacial score (nSPS) is 42.7. The highest BCUT2D eigenvalue weighted by molar-refractivity contribution is 8.01. The van der Waals surface area contributed by atoms with E-state index in [2.05, 4.69) is 28.6 Å². The maximum atomic E-state index is 9.07. The summed E-state index contributed by atoms with van der Waals surface area (Å²) in [5, 5.41) is 10.2. The second kappa shape index (κ2) is 3.02. The SMILES string of the molecule is B[C@@H]1S[C@H](CO)[C@@H](C)C1(C)C. The fourth-order valence-electron chi connectivity index (χ4n) is 1.61. The maximum absolute atomic E-state index is 9.07. The molecule has 1 rings (SSSR count). The van der Waals surface area contributed by atoms with Crippen molar-refractivity contribution in [2.75, 3.05) is 6.61 Å². The van der Waals surface area contributed by atoms with Crippen molar-refractivity contribution in [2.45, 2.75) is 31.2 Å². The van der Waals surface area contributed by atoms with Crippen LogP contribution >= 0.6 is 11.8 Å². The van der Waals surface area contributed by atoms with Gasteiger partial charge in [0.1, 0.15) is 7.85 Å². The number of hydrogen-bond donors (Lipinski definition) is 1. The highest BCUT2D eigenvalue weighted by atomic mass is 32.2. The van der Waals surface area contributed by atoms with E-state index >= 15 is 0 Å². The Labute approximate surface area is 74.4 Å². The predicted molar refractivity (Wildman–Crippen MR) is 53.7 cm³/mol. The number of thioether (sulfide) groups is 1. The minimum absolute atomic E-state index is 0.333. The topological polar surface area (TPSA) is 20.2 Å². The summed E-state index contributed by atoms with van der Waals surface area (Å²) in [5.41, 5.74) is 0.387. The van der Waals surface area contributed by atoms with Crippen LogP contribution < -0.4 is 0 Å². The van der Waals surface area contributed by atoms with E-state index < -0.39 is 0 Å². The fourth-order valence-corrected chi connectivity index (χ4v) is 3.37. The minimum atomic E-state index is 0.333. The molecule has 0 radical (unpaired) electrons. The molecule has 1 saturated heterocycles. The molecule has 0 saturated carbocycles. The lowest BCUT2D eigenvalue weighted by molar-refractivity contribution is 0.210. The van der Waals surface area contributed by atoms with E-state index in [0.29, 0.717) is 28.3 Å². The summed E-state index contributed by atoms with van der Waals surface area (Å²) in [6.45, 7) is 7.17. The van der Waals surface area contributed by atoms with Crippen LogP contribution in [0.3, 0.4) is 0 Å². The molecule has 1 nitrogen and oxygen atoms in total. The first-order valence-corrected chi connectivity index (χ1v) is 5.20. The molecule has 3 atom stereocenters. The zero-order valence-corrected chi connectivity index (χ0v) is 8.61. The van der Waals surface area contributed by atoms with E-state index in [1.165, 1.54) is 0 Å². The van der Waals surface area contributed by atoms with Crippen molar-refractivity contribution in [3.05, 3.63) is 0 Å². The van der Waals surface area contributed by atoms with Gasteiger partial charge in [0.05, 0.1) is 6.61 Å². The lowest BCUT2D eigenvalue weighted by Gasteiger charge is -2.28. The smallest absolute Gasteiger partial charge is 0.119 e. The standard InChI is InChI=1S/C8H17BOS/c1-5-6(4-10)11-7(9)8(5,2)3/h5-7,10H,4,9H2,1-3H3/t5-,6-,7-/m1/s1. The third kappa shape index (κ3) is 1.45. The number of aliphatic hydroxyl groups is 1. The second-order valence-electron chi connectivity index (χ2n) is 4.11. The van der Waals surface area contributed by atoms with Crippen molar-refractivity contribution in [3.8, 4) is 0 Å². The summed E-state index contributed by atoms with van der Waals surface area (Å²) in [5.74, 6) is 0.632. The van der Waals surface area contributed by atoms with Gasteiger partial charge in [-0.1, -0.05) is 20.8 Å². The van der Waals surface area contributed by atoms with Crippen LogP contribution in [0.25, 0.3) is 0 Å². The van der Waals surface area contributed by atoms with Gasteiger partial charge in [0.2, 0.25) is 0 Å². The molecule has 0 unspecified atom stereocenters. The van der Waals surface area contributed by atoms with E-state index in [4.69, 9.17) is 5.11 Å². The molecule has 0 aromatic heterocycles. The van der Waals surface area contributed by atoms with Gasteiger partial charge >= 0.3 is 0 Å². The molecular formula is C8H17BOS. The van der Waals surface area contributed by atoms with Crippen molar-refractivity contribution in [1.82, 2.24) is 0 Å². The highest BCUT2D eigenvalue weighted by Crippen LogP contribution is 2.49. The molecule has 0 aromatic carbocycles. The van der Waals surface area contributed by atoms with Gasteiger partial charge in [-0.15, -0.1) is 0 Å². The molecule has 1 fully saturated rings. The van der Waals surface area contributed by atoms with Crippen LogP contribution in [0.1, 0.15) is 20.8 Å². The van der Waals surface area contributed by atoms with Gasteiger partial charge in [-0.05, 0) is 16.5 Å². The Morgan fingerprint density at radius 2 is 2.09 bits per heavy atom. The van der Waals surface area contributed by atoms with Crippen LogP contribution in [-0.4, -0.2) is 30.0 Å². The quantitative estimate of drug-likeness (QED) is 0.588. The molecule has 1 N–H and O–H groups in total. The van der Waals surface area contributed by atoms with Gasteiger partial charge in [-0.3, -0.25) is 0 Å². The van der Waals surface area contributed by atoms with Crippen LogP contribution in [-0.2, 0) is 0 Å². The van der Waals surface area contributed by atoms with Gasteiger partial charge in [0, 0.05) is 5.25 Å². The lowest BCUT2D eigenvalue weighted by Crippen LogP contribution is -2.29. The molecule has 3 heteroatoms. The van der Waals surface area contributed by atoms with Crippen LogP contribution in [0, 0.1) is 11.3 Å². The zero-order chi connectivity index (χ0) is 8.65. The monoisotopic (exact) mass is 172 g/mol. The van der Waals surface area contributed by atoms with Crippen molar-refractivity contribution < 1.29 is 5.11 Å². The Kier molecular flexibility index (Phi) is 2.60. The van der Waals surface area contributed by atoms with Gasteiger partial charge in [-0.25, -0.2) is 0 Å². The van der Waals surface area contributed by atoms with Gasteiger partial charge in [0.25, 0.3) is 0 Å². The summed E-state index contributed by atoms with van der Waals surface area (Å²) in [6, 6.07) is 0. The molecule has 1 heterocycles. The average Bonchev–Trinajstić information content (AvgIpc) is 2.14. The van der Waals surface area contributed by atoms with Crippen molar-refractivity contribution in [2.24, 2.45) is 11.3 Å². The third-order valence-corrected chi connectivity index (χ3v) is 5.26. The number of aliphatic hydroxyl groups excluding tert-OH is 1. The first-order chi connectivity index (χ1) is 5.00. The Morgan fingerprint density at radius 1 is 1.55 bits per heavy atom. The van der Waals surface area contributed by atoms with E-state index in [1.807, 2.05) is 11.8 Å². The second-order valence-corrected chi connectivity index (χ2v) is 5.69. The summed E-state index contributed by atoms with van der Waals surface area (Å²) >= 11 is 1.93. The van der Waals surface area contributed by atoms with E-state index in [-0.39, 0.29) is 0 Å². The highest BCUT2D eigenvalue weighted by Gasteiger charge is 2.44. The predicted octanol–water partition coefficient (Wildman–Crippen LogP) is 0.716. The van der Waals surface area contributed by atoms with Crippen molar-refractivity contribution in [1.29, 1.82) is 0 Å².